The summed E-state index contributed by atoms with van der Waals surface area (Å²) in [6.45, 7) is 5.36. The average Bonchev–Trinajstić information content (AvgIpc) is 2.58. The van der Waals surface area contributed by atoms with Crippen molar-refractivity contribution in [3.63, 3.8) is 0 Å². The molecule has 7 heteroatoms. The number of hydrogen-bond donors (Lipinski definition) is 1. The molecule has 0 aliphatic carbocycles. The fourth-order valence-corrected chi connectivity index (χ4v) is 2.65. The minimum Gasteiger partial charge on any atom is -0.497 e. The lowest BCUT2D eigenvalue weighted by molar-refractivity contribution is -0.118. The Labute approximate surface area is 151 Å². The number of pyridine rings is 1. The third kappa shape index (κ3) is 4.05. The van der Waals surface area contributed by atoms with Crippen LogP contribution in [0.15, 0.2) is 30.3 Å². The summed E-state index contributed by atoms with van der Waals surface area (Å²) in [5.74, 6) is 2.04. The molecule has 0 spiro atoms. The highest BCUT2D eigenvalue weighted by molar-refractivity contribution is 5.92. The molecular formula is C19H20N4O3. The van der Waals surface area contributed by atoms with Crippen LogP contribution in [0.1, 0.15) is 17.2 Å². The van der Waals surface area contributed by atoms with Gasteiger partial charge in [-0.3, -0.25) is 9.78 Å². The van der Waals surface area contributed by atoms with Crippen LogP contribution >= 0.6 is 0 Å². The molecule has 0 radical (unpaired) electrons. The zero-order valence-electron chi connectivity index (χ0n) is 15.2. The third-order valence-corrected chi connectivity index (χ3v) is 3.70. The number of ether oxygens (including phenoxy) is 2. The number of carbonyl (C=O) groups excluding carboxylic acids is 1. The van der Waals surface area contributed by atoms with Gasteiger partial charge in [-0.15, -0.1) is 0 Å². The summed E-state index contributed by atoms with van der Waals surface area (Å²) in [6.07, 6.45) is 0. The molecule has 0 bridgehead atoms. The van der Waals surface area contributed by atoms with Crippen LogP contribution < -0.4 is 14.8 Å². The van der Waals surface area contributed by atoms with Crippen molar-refractivity contribution < 1.29 is 14.3 Å². The van der Waals surface area contributed by atoms with Crippen LogP contribution in [0.5, 0.6) is 11.5 Å². The summed E-state index contributed by atoms with van der Waals surface area (Å²) in [5, 5.41) is 3.51. The van der Waals surface area contributed by atoms with Crippen molar-refractivity contribution in [1.29, 1.82) is 0 Å². The molecule has 0 unspecified atom stereocenters. The van der Waals surface area contributed by atoms with Gasteiger partial charge in [-0.25, -0.2) is 9.97 Å². The number of aromatic nitrogens is 3. The maximum Gasteiger partial charge on any atom is 0.263 e. The van der Waals surface area contributed by atoms with Crippen molar-refractivity contribution in [2.24, 2.45) is 0 Å². The molecule has 2 heterocycles. The Balaban J connectivity index is 1.77. The molecule has 3 aromatic rings. The first kappa shape index (κ1) is 17.6. The molecule has 1 N–H and O–H groups in total. The quantitative estimate of drug-likeness (QED) is 0.760. The fourth-order valence-electron chi connectivity index (χ4n) is 2.65. The van der Waals surface area contributed by atoms with E-state index in [0.29, 0.717) is 23.1 Å². The number of amides is 1. The molecular weight excluding hydrogens is 332 g/mol. The Kier molecular flexibility index (Phi) is 4.97. The predicted octanol–water partition coefficient (Wildman–Crippen LogP) is 2.98. The Morgan fingerprint density at radius 2 is 1.81 bits per heavy atom. The van der Waals surface area contributed by atoms with Crippen molar-refractivity contribution >= 4 is 22.6 Å². The maximum absolute atomic E-state index is 12.2. The first-order valence-corrected chi connectivity index (χ1v) is 8.15. The van der Waals surface area contributed by atoms with Crippen molar-refractivity contribution in [3.8, 4) is 11.5 Å². The molecule has 0 aliphatic heterocycles. The molecule has 7 nitrogen and oxygen atoms in total. The Bertz CT molecular complexity index is 952. The zero-order valence-corrected chi connectivity index (χ0v) is 15.2. The Morgan fingerprint density at radius 3 is 2.54 bits per heavy atom. The van der Waals surface area contributed by atoms with Crippen molar-refractivity contribution in [2.45, 2.75) is 20.8 Å². The number of rotatable bonds is 5. The van der Waals surface area contributed by atoms with Crippen molar-refractivity contribution in [3.05, 3.63) is 47.5 Å². The lowest BCUT2D eigenvalue weighted by Gasteiger charge is -2.11. The summed E-state index contributed by atoms with van der Waals surface area (Å²) in [5.41, 5.74) is 2.37. The number of aryl methyl sites for hydroxylation is 3. The third-order valence-electron chi connectivity index (χ3n) is 3.70. The molecule has 0 atom stereocenters. The number of benzene rings is 1. The average molecular weight is 352 g/mol. The summed E-state index contributed by atoms with van der Waals surface area (Å²) in [7, 11) is 1.60. The molecule has 134 valence electrons. The molecule has 0 saturated heterocycles. The standard InChI is InChI=1S/C19H20N4O3/c1-11-7-17(15-9-14(25-4)5-6-16(15)21-11)26-10-19(24)23-18-8-12(2)20-13(3)22-18/h5-9H,10H2,1-4H3,(H,20,22,23,24). The van der Waals surface area contributed by atoms with E-state index in [1.165, 1.54) is 0 Å². The minimum absolute atomic E-state index is 0.141. The van der Waals surface area contributed by atoms with Gasteiger partial charge in [-0.1, -0.05) is 0 Å². The number of methoxy groups -OCH3 is 1. The van der Waals surface area contributed by atoms with E-state index in [4.69, 9.17) is 9.47 Å². The number of fused-ring (bicyclic) bond motifs is 1. The number of anilines is 1. The van der Waals surface area contributed by atoms with Crippen molar-refractivity contribution in [2.75, 3.05) is 19.0 Å². The number of nitrogens with zero attached hydrogens (tertiary/aromatic N) is 3. The largest absolute Gasteiger partial charge is 0.497 e. The molecule has 0 fully saturated rings. The van der Waals surface area contributed by atoms with E-state index in [2.05, 4.69) is 20.3 Å². The van der Waals surface area contributed by atoms with E-state index in [9.17, 15) is 4.79 Å². The van der Waals surface area contributed by atoms with Gasteiger partial charge in [0.05, 0.1) is 12.6 Å². The molecule has 0 aliphatic rings. The maximum atomic E-state index is 12.2. The zero-order chi connectivity index (χ0) is 18.7. The summed E-state index contributed by atoms with van der Waals surface area (Å²) >= 11 is 0. The van der Waals surface area contributed by atoms with Gasteiger partial charge in [0, 0.05) is 28.9 Å². The van der Waals surface area contributed by atoms with Crippen LogP contribution in [0.25, 0.3) is 10.9 Å². The highest BCUT2D eigenvalue weighted by Crippen LogP contribution is 2.29. The van der Waals surface area contributed by atoms with Gasteiger partial charge in [-0.05, 0) is 39.0 Å². The van der Waals surface area contributed by atoms with E-state index >= 15 is 0 Å². The molecule has 26 heavy (non-hydrogen) atoms. The lowest BCUT2D eigenvalue weighted by Crippen LogP contribution is -2.21. The van der Waals surface area contributed by atoms with E-state index in [0.717, 1.165) is 22.3 Å². The number of hydrogen-bond acceptors (Lipinski definition) is 6. The minimum atomic E-state index is -0.298. The SMILES string of the molecule is COc1ccc2nc(C)cc(OCC(=O)Nc3cc(C)nc(C)n3)c2c1. The smallest absolute Gasteiger partial charge is 0.263 e. The van der Waals surface area contributed by atoms with E-state index < -0.39 is 0 Å². The van der Waals surface area contributed by atoms with Crippen molar-refractivity contribution in [1.82, 2.24) is 15.0 Å². The van der Waals surface area contributed by atoms with Crippen LogP contribution in [0.2, 0.25) is 0 Å². The highest BCUT2D eigenvalue weighted by Gasteiger charge is 2.10. The van der Waals surface area contributed by atoms with Gasteiger partial charge >= 0.3 is 0 Å². The number of nitrogens with one attached hydrogen (secondary N) is 1. The van der Waals surface area contributed by atoms with Gasteiger partial charge < -0.3 is 14.8 Å². The topological polar surface area (TPSA) is 86.2 Å². The Hall–Kier alpha value is -3.22. The number of carbonyl (C=O) groups is 1. The summed E-state index contributed by atoms with van der Waals surface area (Å²) < 4.78 is 11.0. The second-order valence-electron chi connectivity index (χ2n) is 5.92. The molecule has 3 rings (SSSR count). The fraction of sp³-hybridized carbons (Fsp3) is 0.263. The van der Waals surface area contributed by atoms with Crippen LogP contribution in [0, 0.1) is 20.8 Å². The van der Waals surface area contributed by atoms with Crippen LogP contribution in [-0.2, 0) is 4.79 Å². The van der Waals surface area contributed by atoms with E-state index in [1.807, 2.05) is 32.0 Å². The molecule has 0 saturated carbocycles. The first-order chi connectivity index (χ1) is 12.4. The van der Waals surface area contributed by atoms with Gasteiger partial charge in [0.25, 0.3) is 5.91 Å². The second-order valence-corrected chi connectivity index (χ2v) is 5.92. The second kappa shape index (κ2) is 7.35. The van der Waals surface area contributed by atoms with Crippen LogP contribution in [-0.4, -0.2) is 34.6 Å². The van der Waals surface area contributed by atoms with Gasteiger partial charge in [0.15, 0.2) is 6.61 Å². The predicted molar refractivity (Wildman–Crippen MR) is 98.7 cm³/mol. The summed E-state index contributed by atoms with van der Waals surface area (Å²) in [4.78, 5) is 25.1. The molecule has 2 aromatic heterocycles. The monoisotopic (exact) mass is 352 g/mol. The van der Waals surface area contributed by atoms with Gasteiger partial charge in [-0.2, -0.15) is 0 Å². The van der Waals surface area contributed by atoms with E-state index in [1.54, 1.807) is 26.2 Å². The first-order valence-electron chi connectivity index (χ1n) is 8.15. The molecule has 1 aromatic carbocycles. The van der Waals surface area contributed by atoms with Crippen LogP contribution in [0.3, 0.4) is 0 Å². The highest BCUT2D eigenvalue weighted by atomic mass is 16.5. The normalized spacial score (nSPS) is 10.6. The summed E-state index contributed by atoms with van der Waals surface area (Å²) in [6, 6.07) is 9.05. The lowest BCUT2D eigenvalue weighted by atomic mass is 10.1. The van der Waals surface area contributed by atoms with Gasteiger partial charge in [0.2, 0.25) is 0 Å². The van der Waals surface area contributed by atoms with Gasteiger partial charge in [0.1, 0.15) is 23.1 Å². The van der Waals surface area contributed by atoms with E-state index in [-0.39, 0.29) is 12.5 Å². The molecule has 1 amide bonds. The van der Waals surface area contributed by atoms with Crippen LogP contribution in [0.4, 0.5) is 5.82 Å². The Morgan fingerprint density at radius 1 is 1.04 bits per heavy atom.